The van der Waals surface area contributed by atoms with Crippen LogP contribution in [0.4, 0.5) is 4.79 Å². The number of carbonyl (C=O) groups is 2. The largest absolute Gasteiger partial charge is 0.325 e. The first kappa shape index (κ1) is 17.3. The molecule has 0 radical (unpaired) electrons. The minimum Gasteiger partial charge on any atom is -0.319 e. The fourth-order valence-electron chi connectivity index (χ4n) is 2.71. The molecule has 3 amide bonds. The van der Waals surface area contributed by atoms with Crippen molar-refractivity contribution in [3.63, 3.8) is 0 Å². The second-order valence-electron chi connectivity index (χ2n) is 5.88. The van der Waals surface area contributed by atoms with Crippen molar-refractivity contribution in [2.75, 3.05) is 0 Å². The first-order chi connectivity index (χ1) is 11.8. The van der Waals surface area contributed by atoms with E-state index in [9.17, 15) is 9.59 Å². The van der Waals surface area contributed by atoms with Gasteiger partial charge in [-0.1, -0.05) is 41.4 Å². The number of nitrogens with zero attached hydrogens (tertiary/aromatic N) is 2. The number of halogens is 2. The van der Waals surface area contributed by atoms with Crippen molar-refractivity contribution >= 4 is 35.1 Å². The van der Waals surface area contributed by atoms with Crippen molar-refractivity contribution in [3.05, 3.63) is 69.2 Å². The van der Waals surface area contributed by atoms with Gasteiger partial charge < -0.3 is 5.32 Å². The van der Waals surface area contributed by atoms with Crippen LogP contribution in [0.1, 0.15) is 23.6 Å². The lowest BCUT2D eigenvalue weighted by atomic mass is 9.92. The summed E-state index contributed by atoms with van der Waals surface area (Å²) in [6, 6.07) is 13.1. The summed E-state index contributed by atoms with van der Waals surface area (Å²) in [5, 5.41) is 12.2. The average Bonchev–Trinajstić information content (AvgIpc) is 2.82. The number of nitriles is 1. The van der Waals surface area contributed by atoms with Crippen LogP contribution in [0.2, 0.25) is 10.0 Å². The van der Waals surface area contributed by atoms with Crippen LogP contribution in [0.5, 0.6) is 0 Å². The highest BCUT2D eigenvalue weighted by atomic mass is 35.5. The topological polar surface area (TPSA) is 73.2 Å². The van der Waals surface area contributed by atoms with Gasteiger partial charge in [0.15, 0.2) is 0 Å². The predicted molar refractivity (Wildman–Crippen MR) is 94.1 cm³/mol. The molecule has 0 spiro atoms. The average molecular weight is 374 g/mol. The van der Waals surface area contributed by atoms with Gasteiger partial charge in [-0.25, -0.2) is 4.79 Å². The molecular formula is C18H13Cl2N3O2. The number of amides is 3. The number of hydrogen-bond acceptors (Lipinski definition) is 3. The fraction of sp³-hybridized carbons (Fsp3) is 0.167. The Morgan fingerprint density at radius 1 is 1.12 bits per heavy atom. The molecule has 1 unspecified atom stereocenters. The van der Waals surface area contributed by atoms with Crippen LogP contribution in [-0.4, -0.2) is 16.8 Å². The molecule has 1 aliphatic rings. The lowest BCUT2D eigenvalue weighted by Crippen LogP contribution is -2.40. The Morgan fingerprint density at radius 2 is 1.80 bits per heavy atom. The third kappa shape index (κ3) is 3.07. The molecule has 25 heavy (non-hydrogen) atoms. The van der Waals surface area contributed by atoms with Crippen LogP contribution in [0, 0.1) is 11.3 Å². The van der Waals surface area contributed by atoms with Crippen molar-refractivity contribution in [2.24, 2.45) is 0 Å². The Balaban J connectivity index is 1.88. The Bertz CT molecular complexity index is 906. The summed E-state index contributed by atoms with van der Waals surface area (Å²) in [5.74, 6) is -0.375. The summed E-state index contributed by atoms with van der Waals surface area (Å²) >= 11 is 12.0. The minimum atomic E-state index is -1.21. The monoisotopic (exact) mass is 373 g/mol. The number of urea groups is 1. The fourth-order valence-corrected chi connectivity index (χ4v) is 3.01. The minimum absolute atomic E-state index is 0.118. The zero-order chi connectivity index (χ0) is 18.2. The molecule has 0 saturated carbocycles. The first-order valence-corrected chi connectivity index (χ1v) is 8.19. The summed E-state index contributed by atoms with van der Waals surface area (Å²) in [5.41, 5.74) is 0.614. The van der Waals surface area contributed by atoms with Crippen molar-refractivity contribution in [2.45, 2.75) is 19.0 Å². The van der Waals surface area contributed by atoms with Gasteiger partial charge in [-0.05, 0) is 42.3 Å². The van der Waals surface area contributed by atoms with Crippen molar-refractivity contribution in [1.82, 2.24) is 10.2 Å². The zero-order valence-corrected chi connectivity index (χ0v) is 14.7. The van der Waals surface area contributed by atoms with E-state index in [1.165, 1.54) is 0 Å². The van der Waals surface area contributed by atoms with Crippen LogP contribution in [0.25, 0.3) is 0 Å². The smallest absolute Gasteiger partial charge is 0.319 e. The predicted octanol–water partition coefficient (Wildman–Crippen LogP) is 3.83. The van der Waals surface area contributed by atoms with E-state index in [1.807, 2.05) is 6.07 Å². The Hall–Kier alpha value is -2.55. The maximum Gasteiger partial charge on any atom is 0.325 e. The molecule has 1 atom stereocenters. The lowest BCUT2D eigenvalue weighted by Gasteiger charge is -2.22. The summed E-state index contributed by atoms with van der Waals surface area (Å²) in [4.78, 5) is 26.4. The van der Waals surface area contributed by atoms with Crippen LogP contribution in [-0.2, 0) is 16.9 Å². The quantitative estimate of drug-likeness (QED) is 0.830. The summed E-state index contributed by atoms with van der Waals surface area (Å²) in [6.45, 7) is 1.75. The number of rotatable bonds is 3. The van der Waals surface area contributed by atoms with E-state index in [4.69, 9.17) is 28.5 Å². The van der Waals surface area contributed by atoms with Gasteiger partial charge in [-0.15, -0.1) is 0 Å². The second kappa shape index (κ2) is 6.40. The molecule has 1 heterocycles. The van der Waals surface area contributed by atoms with Gasteiger partial charge in [0.2, 0.25) is 0 Å². The number of hydrogen-bond donors (Lipinski definition) is 1. The Morgan fingerprint density at radius 3 is 2.40 bits per heavy atom. The third-order valence-electron chi connectivity index (χ3n) is 4.20. The van der Waals surface area contributed by atoms with E-state index in [0.29, 0.717) is 21.2 Å². The van der Waals surface area contributed by atoms with Crippen LogP contribution < -0.4 is 5.32 Å². The molecule has 2 aromatic carbocycles. The maximum atomic E-state index is 12.9. The molecule has 7 heteroatoms. The van der Waals surface area contributed by atoms with Crippen molar-refractivity contribution in [3.8, 4) is 6.07 Å². The molecule has 0 aliphatic carbocycles. The van der Waals surface area contributed by atoms with Gasteiger partial charge in [0, 0.05) is 0 Å². The van der Waals surface area contributed by atoms with E-state index in [-0.39, 0.29) is 12.5 Å². The summed E-state index contributed by atoms with van der Waals surface area (Å²) < 4.78 is 0. The first-order valence-electron chi connectivity index (χ1n) is 7.44. The number of benzene rings is 2. The van der Waals surface area contributed by atoms with Crippen molar-refractivity contribution in [1.29, 1.82) is 5.26 Å². The molecule has 2 aromatic rings. The molecule has 126 valence electrons. The number of nitrogens with one attached hydrogen (secondary N) is 1. The van der Waals surface area contributed by atoms with Crippen LogP contribution in [0.15, 0.2) is 42.5 Å². The molecule has 1 aliphatic heterocycles. The Labute approximate surface area is 154 Å². The molecule has 3 rings (SSSR count). The van der Waals surface area contributed by atoms with Crippen LogP contribution in [0.3, 0.4) is 0 Å². The number of carbonyl (C=O) groups excluding carboxylic acids is 2. The van der Waals surface area contributed by atoms with Gasteiger partial charge in [-0.3, -0.25) is 9.69 Å². The van der Waals surface area contributed by atoms with Gasteiger partial charge in [0.05, 0.1) is 28.2 Å². The van der Waals surface area contributed by atoms with Gasteiger partial charge >= 0.3 is 6.03 Å². The molecule has 1 N–H and O–H groups in total. The summed E-state index contributed by atoms with van der Waals surface area (Å²) in [6.07, 6.45) is 0. The van der Waals surface area contributed by atoms with Crippen molar-refractivity contribution < 1.29 is 9.59 Å². The van der Waals surface area contributed by atoms with Crippen LogP contribution >= 0.6 is 23.2 Å². The SMILES string of the molecule is CC1(c2ccc(Cl)c(Cl)c2)NC(=O)N(Cc2ccc(C#N)cc2)C1=O. The maximum absolute atomic E-state index is 12.9. The molecule has 5 nitrogen and oxygen atoms in total. The molecule has 0 aromatic heterocycles. The van der Waals surface area contributed by atoms with Gasteiger partial charge in [0.25, 0.3) is 5.91 Å². The molecule has 0 bridgehead atoms. The zero-order valence-electron chi connectivity index (χ0n) is 13.2. The third-order valence-corrected chi connectivity index (χ3v) is 4.93. The summed E-state index contributed by atoms with van der Waals surface area (Å²) in [7, 11) is 0. The number of imide groups is 1. The highest BCUT2D eigenvalue weighted by Gasteiger charge is 2.49. The highest BCUT2D eigenvalue weighted by Crippen LogP contribution is 2.33. The van der Waals surface area contributed by atoms with E-state index < -0.39 is 11.6 Å². The standard InChI is InChI=1S/C18H13Cl2N3O2/c1-18(13-6-7-14(19)15(20)8-13)16(24)23(17(25)22-18)10-12-4-2-11(9-21)3-5-12/h2-8H,10H2,1H3,(H,22,25). The molecule has 1 saturated heterocycles. The van der Waals surface area contributed by atoms with E-state index in [0.717, 1.165) is 10.5 Å². The second-order valence-corrected chi connectivity index (χ2v) is 6.70. The van der Waals surface area contributed by atoms with Gasteiger partial charge in [-0.2, -0.15) is 5.26 Å². The molecular weight excluding hydrogens is 361 g/mol. The normalized spacial score (nSPS) is 19.7. The lowest BCUT2D eigenvalue weighted by molar-refractivity contribution is -0.131. The van der Waals surface area contributed by atoms with E-state index >= 15 is 0 Å². The van der Waals surface area contributed by atoms with E-state index in [1.54, 1.807) is 49.4 Å². The van der Waals surface area contributed by atoms with Gasteiger partial charge in [0.1, 0.15) is 5.54 Å². The highest BCUT2D eigenvalue weighted by molar-refractivity contribution is 6.42. The Kier molecular flexibility index (Phi) is 4.42. The molecule has 1 fully saturated rings. The van der Waals surface area contributed by atoms with E-state index in [2.05, 4.69) is 5.32 Å².